The second-order valence-corrected chi connectivity index (χ2v) is 22.4. The Morgan fingerprint density at radius 3 is 1.14 bits per heavy atom. The first-order valence-electron chi connectivity index (χ1n) is 27.7. The van der Waals surface area contributed by atoms with Crippen molar-refractivity contribution in [1.29, 1.82) is 10.5 Å². The molecule has 1 aliphatic heterocycles. The van der Waals surface area contributed by atoms with Gasteiger partial charge in [-0.3, -0.25) is 38.4 Å². The molecule has 1 heterocycles. The number of nitriles is 2. The molecule has 454 valence electrons. The van der Waals surface area contributed by atoms with E-state index < -0.39 is 95.6 Å². The van der Waals surface area contributed by atoms with E-state index in [1.54, 1.807) is 62.4 Å². The third kappa shape index (κ3) is 21.1. The molecular weight excluding hydrogens is 1160 g/mol. The first kappa shape index (κ1) is 66.4. The molecule has 0 spiro atoms. The number of benzene rings is 3. The molecule has 0 aromatic heterocycles. The summed E-state index contributed by atoms with van der Waals surface area (Å²) in [5, 5.41) is 19.4. The van der Waals surface area contributed by atoms with E-state index in [1.165, 1.54) is 12.1 Å². The van der Waals surface area contributed by atoms with E-state index in [9.17, 15) is 58.5 Å². The molecular formula is C62H64N2O20S2. The van der Waals surface area contributed by atoms with Crippen LogP contribution in [0.1, 0.15) is 102 Å². The van der Waals surface area contributed by atoms with Crippen molar-refractivity contribution in [1.82, 2.24) is 0 Å². The molecule has 3 aliphatic rings. The standard InChI is InChI=1S/C62H64N2O20S2/c1-5-50(65)77-35-37(3)79-54(69)27-25-52(67)75-31-29-39-7-19-46(20-8-39)81-58(71)41-11-15-43(16-12-41)60(73)83-48-23-24-49(57-56(48)85-62(86-57)45(33-63)34-64)84-61(74)44-17-13-42(14-18-44)59(72)82-47-21-9-40(10-22-47)30-32-76-53(68)26-28-55(70)80-38(4)36-78-51(66)6-2/h5-10,19-24,37-38,41-44H,1-2,11-18,25-32,35-36H2,3-4H3/t37?,38?,41-,42-,43-,44-. The van der Waals surface area contributed by atoms with E-state index in [1.807, 2.05) is 12.1 Å². The molecule has 0 N–H and O–H groups in total. The minimum Gasteiger partial charge on any atom is -0.465 e. The monoisotopic (exact) mass is 1220 g/mol. The topological polar surface area (TPSA) is 311 Å². The summed E-state index contributed by atoms with van der Waals surface area (Å²) in [6, 6.07) is 20.2. The first-order valence-corrected chi connectivity index (χ1v) is 29.4. The fourth-order valence-electron chi connectivity index (χ4n) is 8.94. The van der Waals surface area contributed by atoms with Gasteiger partial charge in [-0.25, -0.2) is 9.59 Å². The number of carbonyl (C=O) groups excluding carboxylic acids is 10. The van der Waals surface area contributed by atoms with Gasteiger partial charge >= 0.3 is 59.7 Å². The number of allylic oxidation sites excluding steroid dienone is 1. The summed E-state index contributed by atoms with van der Waals surface area (Å²) in [6.45, 7) is 9.46. The van der Waals surface area contributed by atoms with E-state index in [2.05, 4.69) is 13.2 Å². The van der Waals surface area contributed by atoms with Gasteiger partial charge in [0.2, 0.25) is 0 Å². The minimum atomic E-state index is -0.699. The van der Waals surface area contributed by atoms with Crippen LogP contribution in [-0.2, 0) is 89.2 Å². The van der Waals surface area contributed by atoms with Crippen LogP contribution in [0.25, 0.3) is 0 Å². The van der Waals surface area contributed by atoms with Gasteiger partial charge < -0.3 is 47.4 Å². The average Bonchev–Trinajstić information content (AvgIpc) is 2.33. The minimum absolute atomic E-state index is 0.0475. The van der Waals surface area contributed by atoms with Gasteiger partial charge in [-0.15, -0.1) is 0 Å². The summed E-state index contributed by atoms with van der Waals surface area (Å²) in [7, 11) is 0. The number of nitrogens with zero attached hydrogens (tertiary/aromatic N) is 2. The van der Waals surface area contributed by atoms with Crippen LogP contribution >= 0.6 is 23.5 Å². The van der Waals surface area contributed by atoms with E-state index in [-0.39, 0.29) is 69.2 Å². The molecule has 86 heavy (non-hydrogen) atoms. The van der Waals surface area contributed by atoms with Crippen LogP contribution in [-0.4, -0.2) is 98.3 Å². The number of ether oxygens (including phenoxy) is 10. The first-order chi connectivity index (χ1) is 41.3. The van der Waals surface area contributed by atoms with Crippen molar-refractivity contribution in [3.05, 3.63) is 107 Å². The van der Waals surface area contributed by atoms with Crippen molar-refractivity contribution >= 4 is 83.2 Å². The number of rotatable bonds is 28. The Balaban J connectivity index is 0.901. The number of hydrogen-bond donors (Lipinski definition) is 0. The molecule has 2 fully saturated rings. The van der Waals surface area contributed by atoms with Gasteiger partial charge in [-0.1, -0.05) is 60.9 Å². The second-order valence-electron chi connectivity index (χ2n) is 20.1. The fraction of sp³-hybridized carbons (Fsp3) is 0.419. The summed E-state index contributed by atoms with van der Waals surface area (Å²) in [5.41, 5.74) is 1.43. The molecule has 2 aliphatic carbocycles. The lowest BCUT2D eigenvalue weighted by Gasteiger charge is -2.26. The Labute approximate surface area is 504 Å². The van der Waals surface area contributed by atoms with Gasteiger partial charge in [0, 0.05) is 25.0 Å². The van der Waals surface area contributed by atoms with E-state index in [0.717, 1.165) is 46.8 Å². The number of esters is 10. The van der Waals surface area contributed by atoms with Gasteiger partial charge in [0.05, 0.1) is 76.6 Å². The molecule has 22 nitrogen and oxygen atoms in total. The van der Waals surface area contributed by atoms with Gasteiger partial charge in [0.25, 0.3) is 0 Å². The SMILES string of the molecule is C=CC(=O)OCC(C)OC(=O)CCC(=O)OCCc1ccc(OC(=O)[C@H]2CC[C@H](C(=O)Oc3ccc(OC(=O)[C@H]4CC[C@H](C(=O)Oc5ccc(CCOC(=O)CCC(=O)OC(C)COC(=O)C=C)cc5)CC4)c4c3SC(=C(C#N)C#N)S4)CC2)cc1. The van der Waals surface area contributed by atoms with Crippen molar-refractivity contribution in [3.8, 4) is 35.1 Å². The lowest BCUT2D eigenvalue weighted by molar-refractivity contribution is -0.157. The zero-order valence-corrected chi connectivity index (χ0v) is 49.0. The highest BCUT2D eigenvalue weighted by molar-refractivity contribution is 8.24. The van der Waals surface area contributed by atoms with Gasteiger partial charge in [-0.05, 0) is 113 Å². The van der Waals surface area contributed by atoms with Crippen molar-refractivity contribution in [2.24, 2.45) is 23.7 Å². The summed E-state index contributed by atoms with van der Waals surface area (Å²) in [5.74, 6) is -6.86. The maximum atomic E-state index is 13.7. The van der Waals surface area contributed by atoms with E-state index in [4.69, 9.17) is 47.4 Å². The normalized spacial score (nSPS) is 17.4. The van der Waals surface area contributed by atoms with E-state index in [0.29, 0.717) is 89.7 Å². The molecule has 2 saturated carbocycles. The predicted molar refractivity (Wildman–Crippen MR) is 304 cm³/mol. The Hall–Kier alpha value is -8.74. The maximum Gasteiger partial charge on any atom is 0.330 e. The Morgan fingerprint density at radius 2 is 0.814 bits per heavy atom. The van der Waals surface area contributed by atoms with Crippen LogP contribution in [0.2, 0.25) is 0 Å². The van der Waals surface area contributed by atoms with Crippen molar-refractivity contribution in [3.63, 3.8) is 0 Å². The largest absolute Gasteiger partial charge is 0.465 e. The zero-order chi connectivity index (χ0) is 62.1. The van der Waals surface area contributed by atoms with E-state index >= 15 is 0 Å². The van der Waals surface area contributed by atoms with Crippen LogP contribution in [0.3, 0.4) is 0 Å². The maximum absolute atomic E-state index is 13.7. The smallest absolute Gasteiger partial charge is 0.330 e. The molecule has 0 radical (unpaired) electrons. The summed E-state index contributed by atoms with van der Waals surface area (Å²) >= 11 is 2.09. The molecule has 0 amide bonds. The van der Waals surface area contributed by atoms with Gasteiger partial charge in [0.15, 0.2) is 0 Å². The van der Waals surface area contributed by atoms with Crippen LogP contribution in [0.15, 0.2) is 106 Å². The number of thioether (sulfide) groups is 2. The average molecular weight is 1220 g/mol. The molecule has 0 saturated heterocycles. The predicted octanol–water partition coefficient (Wildman–Crippen LogP) is 8.83. The van der Waals surface area contributed by atoms with Gasteiger partial charge in [0.1, 0.15) is 66.1 Å². The van der Waals surface area contributed by atoms with Crippen molar-refractivity contribution in [2.45, 2.75) is 126 Å². The lowest BCUT2D eigenvalue weighted by Crippen LogP contribution is -2.30. The second kappa shape index (κ2) is 33.7. The molecule has 24 heteroatoms. The van der Waals surface area contributed by atoms with Crippen molar-refractivity contribution in [2.75, 3.05) is 26.4 Å². The molecule has 3 aromatic carbocycles. The quantitative estimate of drug-likeness (QED) is 0.0215. The highest BCUT2D eigenvalue weighted by atomic mass is 32.2. The number of fused-ring (bicyclic) bond motifs is 1. The number of carbonyl (C=O) groups is 10. The summed E-state index contributed by atoms with van der Waals surface area (Å²) in [4.78, 5) is 125. The Morgan fingerprint density at radius 1 is 0.488 bits per heavy atom. The number of hydrogen-bond acceptors (Lipinski definition) is 24. The lowest BCUT2D eigenvalue weighted by atomic mass is 9.82. The molecule has 2 atom stereocenters. The third-order valence-electron chi connectivity index (χ3n) is 13.6. The van der Waals surface area contributed by atoms with Crippen LogP contribution < -0.4 is 18.9 Å². The summed E-state index contributed by atoms with van der Waals surface area (Å²) in [6.07, 6.45) is 3.28. The zero-order valence-electron chi connectivity index (χ0n) is 47.4. The van der Waals surface area contributed by atoms with Crippen molar-refractivity contribution < 1.29 is 95.3 Å². The van der Waals surface area contributed by atoms with Crippen LogP contribution in [0.4, 0.5) is 0 Å². The highest BCUT2D eigenvalue weighted by Gasteiger charge is 2.37. The summed E-state index contributed by atoms with van der Waals surface area (Å²) < 4.78 is 53.8. The molecule has 3 aromatic rings. The van der Waals surface area contributed by atoms with Crippen LogP contribution in [0.5, 0.6) is 23.0 Å². The van der Waals surface area contributed by atoms with Gasteiger partial charge in [-0.2, -0.15) is 10.5 Å². The van der Waals surface area contributed by atoms with Crippen LogP contribution in [0, 0.1) is 46.3 Å². The Kier molecular flexibility index (Phi) is 26.0. The fourth-order valence-corrected chi connectivity index (χ4v) is 11.4. The molecule has 6 rings (SSSR count). The molecule has 2 unspecified atom stereocenters. The Bertz CT molecular complexity index is 2920. The third-order valence-corrected chi connectivity index (χ3v) is 16.3. The molecule has 0 bridgehead atoms. The highest BCUT2D eigenvalue weighted by Crippen LogP contribution is 2.59.